The maximum Gasteiger partial charge on any atom is 0.404 e. The van der Waals surface area contributed by atoms with E-state index in [0.29, 0.717) is 25.3 Å². The van der Waals surface area contributed by atoms with Gasteiger partial charge in [0.15, 0.2) is 0 Å². The molecule has 0 radical (unpaired) electrons. The van der Waals surface area contributed by atoms with E-state index in [1.54, 1.807) is 30.5 Å². The lowest BCUT2D eigenvalue weighted by molar-refractivity contribution is 0.193. The highest BCUT2D eigenvalue weighted by Gasteiger charge is 2.02. The number of carbonyl (C=O) groups is 1. The van der Waals surface area contributed by atoms with Gasteiger partial charge in [0.25, 0.3) is 5.56 Å². The molecule has 0 unspecified atom stereocenters. The number of carboxylic acid groups (broad SMARTS) is 1. The number of nitrogens with one attached hydrogen (secondary N) is 1. The molecule has 0 atom stereocenters. The van der Waals surface area contributed by atoms with Gasteiger partial charge in [0, 0.05) is 12.1 Å². The van der Waals surface area contributed by atoms with Gasteiger partial charge in [-0.25, -0.2) is 4.79 Å². The summed E-state index contributed by atoms with van der Waals surface area (Å²) in [6, 6.07) is 6.81. The van der Waals surface area contributed by atoms with Crippen LogP contribution in [0.2, 0.25) is 0 Å². The number of fused-ring (bicyclic) bond motifs is 1. The predicted octanol–water partition coefficient (Wildman–Crippen LogP) is 0.918. The number of ether oxygens (including phenoxy) is 1. The van der Waals surface area contributed by atoms with Crippen LogP contribution in [0.1, 0.15) is 6.42 Å². The highest BCUT2D eigenvalue weighted by molar-refractivity contribution is 5.64. The van der Waals surface area contributed by atoms with E-state index >= 15 is 0 Å². The summed E-state index contributed by atoms with van der Waals surface area (Å²) in [7, 11) is 0. The minimum atomic E-state index is -1.06. The zero-order chi connectivity index (χ0) is 14.5. The standard InChI is InChI=1S/C13H15N3O4/c14-11-5-3-9-2-4-10(8-16(9)12(11)17)20-7-1-6-15-13(18)19/h2-5,8,15H,1,6-7,14H2,(H,18,19). The third-order valence-corrected chi connectivity index (χ3v) is 2.72. The van der Waals surface area contributed by atoms with Gasteiger partial charge >= 0.3 is 6.09 Å². The Morgan fingerprint density at radius 2 is 2.10 bits per heavy atom. The number of pyridine rings is 2. The first-order valence-corrected chi connectivity index (χ1v) is 6.08. The molecule has 1 amide bonds. The van der Waals surface area contributed by atoms with Gasteiger partial charge in [0.1, 0.15) is 5.75 Å². The maximum absolute atomic E-state index is 11.8. The Morgan fingerprint density at radius 3 is 2.85 bits per heavy atom. The second-order valence-electron chi connectivity index (χ2n) is 4.19. The number of nitrogens with two attached hydrogens (primary N) is 1. The summed E-state index contributed by atoms with van der Waals surface area (Å²) in [5.74, 6) is 0.528. The quantitative estimate of drug-likeness (QED) is 0.704. The molecule has 2 aromatic heterocycles. The van der Waals surface area contributed by atoms with Crippen molar-refractivity contribution in [2.45, 2.75) is 6.42 Å². The Labute approximate surface area is 114 Å². The topological polar surface area (TPSA) is 106 Å². The summed E-state index contributed by atoms with van der Waals surface area (Å²) in [5, 5.41) is 10.6. The average Bonchev–Trinajstić information content (AvgIpc) is 2.42. The van der Waals surface area contributed by atoms with Crippen LogP contribution in [0.4, 0.5) is 10.5 Å². The second-order valence-corrected chi connectivity index (χ2v) is 4.19. The van der Waals surface area contributed by atoms with Crippen LogP contribution in [0, 0.1) is 0 Å². The number of aromatic nitrogens is 1. The normalized spacial score (nSPS) is 10.4. The van der Waals surface area contributed by atoms with Crippen LogP contribution in [0.5, 0.6) is 5.75 Å². The average molecular weight is 277 g/mol. The fourth-order valence-corrected chi connectivity index (χ4v) is 1.73. The van der Waals surface area contributed by atoms with Crippen LogP contribution in [0.15, 0.2) is 35.3 Å². The van der Waals surface area contributed by atoms with E-state index < -0.39 is 6.09 Å². The third kappa shape index (κ3) is 3.19. The van der Waals surface area contributed by atoms with Crippen molar-refractivity contribution in [3.8, 4) is 5.75 Å². The van der Waals surface area contributed by atoms with Gasteiger partial charge < -0.3 is 20.9 Å². The van der Waals surface area contributed by atoms with E-state index in [-0.39, 0.29) is 11.2 Å². The molecule has 106 valence electrons. The summed E-state index contributed by atoms with van der Waals surface area (Å²) in [6.45, 7) is 0.665. The fraction of sp³-hybridized carbons (Fsp3) is 0.231. The summed E-state index contributed by atoms with van der Waals surface area (Å²) in [5.41, 5.74) is 6.17. The molecule has 0 fully saturated rings. The molecule has 2 aromatic rings. The van der Waals surface area contributed by atoms with Gasteiger partial charge in [0.05, 0.1) is 18.5 Å². The van der Waals surface area contributed by atoms with Crippen LogP contribution in [-0.2, 0) is 0 Å². The summed E-state index contributed by atoms with van der Waals surface area (Å²) < 4.78 is 6.87. The van der Waals surface area contributed by atoms with E-state index in [4.69, 9.17) is 15.6 Å². The molecule has 2 rings (SSSR count). The van der Waals surface area contributed by atoms with Crippen molar-refractivity contribution in [1.29, 1.82) is 0 Å². The fourth-order valence-electron chi connectivity index (χ4n) is 1.73. The molecule has 0 aliphatic heterocycles. The Hall–Kier alpha value is -2.70. The third-order valence-electron chi connectivity index (χ3n) is 2.72. The maximum atomic E-state index is 11.8. The minimum absolute atomic E-state index is 0.172. The number of nitrogens with zero attached hydrogens (tertiary/aromatic N) is 1. The molecule has 2 heterocycles. The van der Waals surface area contributed by atoms with Crippen LogP contribution < -0.4 is 21.3 Å². The van der Waals surface area contributed by atoms with Crippen molar-refractivity contribution in [3.63, 3.8) is 0 Å². The highest BCUT2D eigenvalue weighted by atomic mass is 16.5. The molecule has 0 bridgehead atoms. The van der Waals surface area contributed by atoms with Crippen LogP contribution >= 0.6 is 0 Å². The van der Waals surface area contributed by atoms with Crippen LogP contribution in [-0.4, -0.2) is 28.8 Å². The molecule has 20 heavy (non-hydrogen) atoms. The lowest BCUT2D eigenvalue weighted by Gasteiger charge is -2.08. The van der Waals surface area contributed by atoms with Crippen molar-refractivity contribution >= 4 is 17.3 Å². The highest BCUT2D eigenvalue weighted by Crippen LogP contribution is 2.12. The molecule has 7 nitrogen and oxygen atoms in total. The summed E-state index contributed by atoms with van der Waals surface area (Å²) in [4.78, 5) is 22.1. The summed E-state index contributed by atoms with van der Waals surface area (Å²) >= 11 is 0. The van der Waals surface area contributed by atoms with Crippen molar-refractivity contribution in [2.24, 2.45) is 0 Å². The van der Waals surface area contributed by atoms with Gasteiger partial charge in [0.2, 0.25) is 0 Å². The first-order chi connectivity index (χ1) is 9.58. The number of hydrogen-bond donors (Lipinski definition) is 3. The van der Waals surface area contributed by atoms with E-state index in [0.717, 1.165) is 5.52 Å². The van der Waals surface area contributed by atoms with Gasteiger partial charge in [-0.05, 0) is 30.7 Å². The molecule has 0 aliphatic rings. The molecule has 0 aliphatic carbocycles. The largest absolute Gasteiger partial charge is 0.492 e. The van der Waals surface area contributed by atoms with Gasteiger partial charge in [-0.1, -0.05) is 0 Å². The van der Waals surface area contributed by atoms with Crippen LogP contribution in [0.3, 0.4) is 0 Å². The van der Waals surface area contributed by atoms with Crippen molar-refractivity contribution in [3.05, 3.63) is 40.8 Å². The minimum Gasteiger partial charge on any atom is -0.492 e. The van der Waals surface area contributed by atoms with Gasteiger partial charge in [-0.2, -0.15) is 0 Å². The van der Waals surface area contributed by atoms with Crippen LogP contribution in [0.25, 0.3) is 5.52 Å². The zero-order valence-electron chi connectivity index (χ0n) is 10.7. The molecule has 7 heteroatoms. The Bertz CT molecular complexity index is 681. The Balaban J connectivity index is 2.03. The van der Waals surface area contributed by atoms with E-state index in [1.165, 1.54) is 4.40 Å². The number of hydrogen-bond acceptors (Lipinski definition) is 4. The van der Waals surface area contributed by atoms with Gasteiger partial charge in [-0.3, -0.25) is 9.20 Å². The number of anilines is 1. The van der Waals surface area contributed by atoms with E-state index in [1.807, 2.05) is 0 Å². The Morgan fingerprint density at radius 1 is 1.35 bits per heavy atom. The molecule has 0 spiro atoms. The number of rotatable bonds is 5. The molecule has 0 saturated carbocycles. The number of nitrogen functional groups attached to an aromatic ring is 1. The van der Waals surface area contributed by atoms with E-state index in [2.05, 4.69) is 5.32 Å². The molecular weight excluding hydrogens is 262 g/mol. The smallest absolute Gasteiger partial charge is 0.404 e. The van der Waals surface area contributed by atoms with Crippen molar-refractivity contribution in [1.82, 2.24) is 9.72 Å². The first kappa shape index (κ1) is 13.7. The SMILES string of the molecule is Nc1ccc2ccc(OCCCNC(=O)O)cn2c1=O. The lowest BCUT2D eigenvalue weighted by atomic mass is 10.3. The molecule has 0 aromatic carbocycles. The van der Waals surface area contributed by atoms with E-state index in [9.17, 15) is 9.59 Å². The monoisotopic (exact) mass is 277 g/mol. The molecule has 0 saturated heterocycles. The summed E-state index contributed by atoms with van der Waals surface area (Å²) in [6.07, 6.45) is 1.05. The lowest BCUT2D eigenvalue weighted by Crippen LogP contribution is -2.23. The van der Waals surface area contributed by atoms with Gasteiger partial charge in [-0.15, -0.1) is 0 Å². The second kappa shape index (κ2) is 5.96. The molecular formula is C13H15N3O4. The van der Waals surface area contributed by atoms with Crippen molar-refractivity contribution in [2.75, 3.05) is 18.9 Å². The Kier molecular flexibility index (Phi) is 4.09. The zero-order valence-corrected chi connectivity index (χ0v) is 10.7. The molecule has 4 N–H and O–H groups in total. The predicted molar refractivity (Wildman–Crippen MR) is 74.2 cm³/mol. The number of amides is 1. The van der Waals surface area contributed by atoms with Crippen molar-refractivity contribution < 1.29 is 14.6 Å². The first-order valence-electron chi connectivity index (χ1n) is 6.08.